The van der Waals surface area contributed by atoms with Crippen molar-refractivity contribution in [3.8, 4) is 125 Å². The summed E-state index contributed by atoms with van der Waals surface area (Å²) >= 11 is 0. The summed E-state index contributed by atoms with van der Waals surface area (Å²) in [7, 11) is 0. The molecule has 0 saturated carbocycles. The van der Waals surface area contributed by atoms with Crippen LogP contribution in [-0.2, 0) is 0 Å². The Labute approximate surface area is 694 Å². The largest absolute Gasteiger partial charge is 0.321 e. The summed E-state index contributed by atoms with van der Waals surface area (Å²) < 4.78 is 11.5. The molecule has 0 saturated heterocycles. The molecule has 0 atom stereocenters. The van der Waals surface area contributed by atoms with Crippen LogP contribution in [0.4, 0.5) is 0 Å². The van der Waals surface area contributed by atoms with Crippen molar-refractivity contribution >= 4 is 87.2 Å². The number of fused-ring (bicyclic) bond motifs is 12. The zero-order chi connectivity index (χ0) is 79.6. The maximum absolute atomic E-state index is 5.10. The molecule has 562 valence electrons. The first kappa shape index (κ1) is 70.4. The van der Waals surface area contributed by atoms with Gasteiger partial charge in [0.1, 0.15) is 0 Å². The third-order valence-electron chi connectivity index (χ3n) is 23.4. The van der Waals surface area contributed by atoms with Gasteiger partial charge in [-0.25, -0.2) is 15.0 Å². The van der Waals surface area contributed by atoms with Gasteiger partial charge in [-0.1, -0.05) is 291 Å². The highest BCUT2D eigenvalue weighted by Crippen LogP contribution is 2.42. The highest BCUT2D eigenvalue weighted by atomic mass is 15.1. The molecule has 0 spiro atoms. The number of aromatic nitrogens is 8. The molecule has 120 heavy (non-hydrogen) atoms. The van der Waals surface area contributed by atoms with Crippen molar-refractivity contribution in [2.75, 3.05) is 0 Å². The first-order valence-electron chi connectivity index (χ1n) is 40.7. The number of para-hydroxylation sites is 6. The molecule has 16 aromatic carbocycles. The van der Waals surface area contributed by atoms with Crippen LogP contribution in [0.3, 0.4) is 0 Å². The Morgan fingerprint density at radius 3 is 1.16 bits per heavy atom. The van der Waals surface area contributed by atoms with Gasteiger partial charge in [0, 0.05) is 112 Å². The van der Waals surface area contributed by atoms with Crippen LogP contribution in [0, 0.1) is 18.9 Å². The molecule has 0 amide bonds. The van der Waals surface area contributed by atoms with Crippen LogP contribution in [0.2, 0.25) is 0 Å². The van der Waals surface area contributed by atoms with Gasteiger partial charge in [-0.05, 0) is 179 Å². The smallest absolute Gasteiger partial charge is 0.160 e. The summed E-state index contributed by atoms with van der Waals surface area (Å²) in [6, 6.07) is 152. The fraction of sp³-hybridized carbons (Fsp3) is 0.00893. The van der Waals surface area contributed by atoms with Gasteiger partial charge in [0.2, 0.25) is 0 Å². The first-order chi connectivity index (χ1) is 59.4. The molecule has 8 heteroatoms. The summed E-state index contributed by atoms with van der Waals surface area (Å²) in [5.41, 5.74) is 31.9. The van der Waals surface area contributed by atoms with E-state index in [2.05, 4.69) is 424 Å². The molecule has 0 N–H and O–H groups in total. The zero-order valence-electron chi connectivity index (χ0n) is 65.6. The summed E-state index contributed by atoms with van der Waals surface area (Å²) in [6.45, 7) is 2.21. The minimum atomic E-state index is 0.705. The molecule has 23 rings (SSSR count). The van der Waals surface area contributed by atoms with E-state index in [1.54, 1.807) is 0 Å². The van der Waals surface area contributed by atoms with Gasteiger partial charge >= 0.3 is 0 Å². The lowest BCUT2D eigenvalue weighted by Gasteiger charge is -2.12. The molecule has 8 nitrogen and oxygen atoms in total. The van der Waals surface area contributed by atoms with Gasteiger partial charge in [-0.3, -0.25) is 4.57 Å². The van der Waals surface area contributed by atoms with E-state index in [1.165, 1.54) is 76.2 Å². The van der Waals surface area contributed by atoms with Crippen molar-refractivity contribution < 1.29 is 0 Å². The average molecular weight is 1530 g/mol. The third kappa shape index (κ3) is 12.7. The predicted octanol–water partition coefficient (Wildman–Crippen LogP) is 28.2. The van der Waals surface area contributed by atoms with Crippen molar-refractivity contribution in [2.45, 2.75) is 6.92 Å². The summed E-state index contributed by atoms with van der Waals surface area (Å²) in [5.74, 6) is 4.25. The van der Waals surface area contributed by atoms with E-state index in [4.69, 9.17) is 15.0 Å². The number of hydrogen-bond acceptors (Lipinski definition) is 3. The molecular weight excluding hydrogens is 1460 g/mol. The predicted molar refractivity (Wildman–Crippen MR) is 499 cm³/mol. The van der Waals surface area contributed by atoms with Crippen LogP contribution in [-0.4, -0.2) is 37.8 Å². The number of aryl methyl sites for hydroxylation is 1. The topological polar surface area (TPSA) is 63.3 Å². The number of nitrogens with zero attached hydrogens (tertiary/aromatic N) is 8. The van der Waals surface area contributed by atoms with E-state index in [0.29, 0.717) is 5.82 Å². The summed E-state index contributed by atoms with van der Waals surface area (Å²) in [5, 5.41) is 9.73. The molecule has 0 radical (unpaired) electrons. The molecular formula is C112H74N8. The Bertz CT molecular complexity index is 7820. The Balaban J connectivity index is 0.000000144. The molecule has 0 aliphatic carbocycles. The maximum Gasteiger partial charge on any atom is 0.160 e. The normalized spacial score (nSPS) is 11.5. The van der Waals surface area contributed by atoms with Gasteiger partial charge in [0.25, 0.3) is 0 Å². The van der Waals surface area contributed by atoms with Crippen LogP contribution in [0.5, 0.6) is 0 Å². The summed E-state index contributed by atoms with van der Waals surface area (Å²) in [6.07, 6.45) is 4.54. The van der Waals surface area contributed by atoms with Crippen molar-refractivity contribution in [1.82, 2.24) is 37.8 Å². The first-order valence-corrected chi connectivity index (χ1v) is 40.7. The van der Waals surface area contributed by atoms with E-state index in [0.717, 1.165) is 129 Å². The van der Waals surface area contributed by atoms with Crippen LogP contribution < -0.4 is 0 Å². The van der Waals surface area contributed by atoms with E-state index < -0.39 is 0 Å². The summed E-state index contributed by atoms with van der Waals surface area (Å²) in [4.78, 5) is 15.2. The fourth-order valence-corrected chi connectivity index (χ4v) is 17.6. The monoisotopic (exact) mass is 1530 g/mol. The molecule has 23 aromatic rings. The maximum atomic E-state index is 5.10. The van der Waals surface area contributed by atoms with Gasteiger partial charge in [0.15, 0.2) is 5.82 Å². The van der Waals surface area contributed by atoms with Crippen LogP contribution in [0.1, 0.15) is 11.1 Å². The Kier molecular flexibility index (Phi) is 17.5. The van der Waals surface area contributed by atoms with E-state index in [1.807, 2.05) is 48.5 Å². The zero-order valence-corrected chi connectivity index (χ0v) is 65.6. The van der Waals surface area contributed by atoms with E-state index >= 15 is 0 Å². The fourth-order valence-electron chi connectivity index (χ4n) is 17.6. The Hall–Kier alpha value is -16.2. The van der Waals surface area contributed by atoms with Crippen molar-refractivity contribution in [1.29, 1.82) is 0 Å². The lowest BCUT2D eigenvalue weighted by molar-refractivity contribution is 1.07. The molecule has 0 aliphatic heterocycles. The Morgan fingerprint density at radius 2 is 0.592 bits per heavy atom. The average Bonchev–Trinajstić information content (AvgIpc) is 1.60. The standard InChI is InChI=1S/C57H39N5.C55H35N3/c1-38-36-60(45-30-32-54-49(34-45)47-22-11-13-23-52(47)61(54)44-19-9-4-10-20-44)37-56(38)62-53-24-14-12-21-46(53)48-33-43(29-31-55(48)62)39-25-27-42(28-26-39)57-58-50(40-15-5-2-6-16-40)35-51(59-57)41-17-7-3-8-18-41;1-4-15-39(16-5-1)50-36-44(37-51(56-50)40-17-6-2-7-18-40)42-20-14-19-41(34-42)43-28-30-53-49(35-43)47-24-10-12-25-52(47)57(53)32-31-38-27-29-48-46-23-11-13-26-54(46)58(55(48)33-38)45-21-8-3-9-22-45/h2-37H,1H3;1-30,33-37H. The molecule has 0 unspecified atom stereocenters. The quantitative estimate of drug-likeness (QED) is 0.115. The second-order valence-corrected chi connectivity index (χ2v) is 30.7. The van der Waals surface area contributed by atoms with E-state index in [9.17, 15) is 0 Å². The molecule has 0 aliphatic rings. The number of hydrogen-bond donors (Lipinski definition) is 0. The molecule has 7 heterocycles. The van der Waals surface area contributed by atoms with Crippen LogP contribution in [0.25, 0.3) is 200 Å². The van der Waals surface area contributed by atoms with Crippen molar-refractivity contribution in [3.63, 3.8) is 0 Å². The second-order valence-electron chi connectivity index (χ2n) is 30.7. The van der Waals surface area contributed by atoms with Gasteiger partial charge < -0.3 is 18.3 Å². The van der Waals surface area contributed by atoms with Crippen LogP contribution in [0.15, 0.2) is 431 Å². The highest BCUT2D eigenvalue weighted by molar-refractivity contribution is 6.14. The van der Waals surface area contributed by atoms with Gasteiger partial charge in [0.05, 0.1) is 72.6 Å². The SMILES string of the molecule is C(#Cn1c2ccccc2c2cc(-c3cccc(-c4cc(-c5ccccc5)nc(-c5ccccc5)c4)c3)ccc21)c1ccc2c3ccccc3n(-c3ccccc3)c2c1.Cc1cn(-c2ccc3c(c2)c2ccccc2n3-c2ccccc2)cc1-n1c2ccccc2c2cc(-c3ccc(-c4nc(-c5ccccc5)cc(-c5ccccc5)n4)cc3)ccc21. The lowest BCUT2D eigenvalue weighted by Crippen LogP contribution is -1.96. The number of pyridine rings is 1. The lowest BCUT2D eigenvalue weighted by atomic mass is 9.96. The highest BCUT2D eigenvalue weighted by Gasteiger charge is 2.22. The minimum absolute atomic E-state index is 0.705. The Morgan fingerprint density at radius 1 is 0.217 bits per heavy atom. The number of rotatable bonds is 12. The second kappa shape index (κ2) is 29.9. The number of benzene rings is 16. The molecule has 0 bridgehead atoms. The molecule has 7 aromatic heterocycles. The van der Waals surface area contributed by atoms with Crippen molar-refractivity contribution in [2.24, 2.45) is 0 Å². The third-order valence-corrected chi connectivity index (χ3v) is 23.4. The van der Waals surface area contributed by atoms with E-state index in [-0.39, 0.29) is 0 Å². The van der Waals surface area contributed by atoms with Crippen molar-refractivity contribution in [3.05, 3.63) is 442 Å². The minimum Gasteiger partial charge on any atom is -0.321 e. The van der Waals surface area contributed by atoms with Gasteiger partial charge in [-0.2, -0.15) is 0 Å². The van der Waals surface area contributed by atoms with Crippen LogP contribution >= 0.6 is 0 Å². The van der Waals surface area contributed by atoms with Gasteiger partial charge in [-0.15, -0.1) is 0 Å². The molecule has 0 fully saturated rings.